The van der Waals surface area contributed by atoms with Gasteiger partial charge in [-0.2, -0.15) is 0 Å². The van der Waals surface area contributed by atoms with Gasteiger partial charge in [0.25, 0.3) is 0 Å². The van der Waals surface area contributed by atoms with Crippen LogP contribution in [0.4, 0.5) is 0 Å². The number of aliphatic hydroxyl groups is 1. The van der Waals surface area contributed by atoms with Crippen molar-refractivity contribution in [2.24, 2.45) is 0 Å². The lowest BCUT2D eigenvalue weighted by Gasteiger charge is -2.43. The molecule has 88 valence electrons. The van der Waals surface area contributed by atoms with Crippen molar-refractivity contribution in [1.82, 2.24) is 4.90 Å². The zero-order valence-electron chi connectivity index (χ0n) is 9.39. The Morgan fingerprint density at radius 1 is 1.40 bits per heavy atom. The van der Waals surface area contributed by atoms with Gasteiger partial charge in [0.15, 0.2) is 0 Å². The van der Waals surface area contributed by atoms with E-state index >= 15 is 0 Å². The summed E-state index contributed by atoms with van der Waals surface area (Å²) in [6.45, 7) is 5.60. The molecule has 2 saturated heterocycles. The summed E-state index contributed by atoms with van der Waals surface area (Å²) in [6.07, 6.45) is 2.35. The number of rotatable bonds is 2. The first kappa shape index (κ1) is 11.3. The maximum Gasteiger partial charge on any atom is 0.0933 e. The number of aliphatic hydroxyl groups excluding tert-OH is 1. The van der Waals surface area contributed by atoms with Crippen LogP contribution in [0.1, 0.15) is 19.8 Å². The molecular formula is C11H21NO3. The Hall–Kier alpha value is -0.160. The number of ether oxygens (including phenoxy) is 2. The second-order valence-corrected chi connectivity index (χ2v) is 4.55. The molecule has 4 nitrogen and oxygen atoms in total. The van der Waals surface area contributed by atoms with Crippen LogP contribution in [-0.4, -0.2) is 61.2 Å². The van der Waals surface area contributed by atoms with E-state index in [0.29, 0.717) is 12.1 Å². The van der Waals surface area contributed by atoms with Crippen LogP contribution in [0, 0.1) is 0 Å². The summed E-state index contributed by atoms with van der Waals surface area (Å²) in [4.78, 5) is 2.43. The molecule has 2 rings (SSSR count). The molecule has 3 atom stereocenters. The van der Waals surface area contributed by atoms with E-state index in [1.165, 1.54) is 6.42 Å². The summed E-state index contributed by atoms with van der Waals surface area (Å²) in [6, 6.07) is 0.964. The van der Waals surface area contributed by atoms with Gasteiger partial charge in [-0.3, -0.25) is 4.90 Å². The van der Waals surface area contributed by atoms with E-state index in [2.05, 4.69) is 11.8 Å². The van der Waals surface area contributed by atoms with Gasteiger partial charge in [-0.05, 0) is 19.8 Å². The smallest absolute Gasteiger partial charge is 0.0933 e. The SMILES string of the molecule is CC1COC(CO)CN1C1CCCOC1. The monoisotopic (exact) mass is 215 g/mol. The van der Waals surface area contributed by atoms with Crippen molar-refractivity contribution in [2.45, 2.75) is 38.0 Å². The first-order valence-corrected chi connectivity index (χ1v) is 5.87. The van der Waals surface area contributed by atoms with Gasteiger partial charge in [-0.1, -0.05) is 0 Å². The average molecular weight is 215 g/mol. The molecular weight excluding hydrogens is 194 g/mol. The maximum atomic E-state index is 9.11. The van der Waals surface area contributed by atoms with Gasteiger partial charge in [0, 0.05) is 25.2 Å². The van der Waals surface area contributed by atoms with Gasteiger partial charge < -0.3 is 14.6 Å². The second-order valence-electron chi connectivity index (χ2n) is 4.55. The van der Waals surface area contributed by atoms with E-state index in [0.717, 1.165) is 32.8 Å². The highest BCUT2D eigenvalue weighted by Crippen LogP contribution is 2.20. The Balaban J connectivity index is 1.92. The summed E-state index contributed by atoms with van der Waals surface area (Å²) < 4.78 is 11.0. The van der Waals surface area contributed by atoms with Crippen LogP contribution in [0.3, 0.4) is 0 Å². The molecule has 15 heavy (non-hydrogen) atoms. The lowest BCUT2D eigenvalue weighted by Crippen LogP contribution is -2.55. The van der Waals surface area contributed by atoms with E-state index in [4.69, 9.17) is 14.6 Å². The molecule has 0 saturated carbocycles. The third-order valence-electron chi connectivity index (χ3n) is 3.36. The molecule has 0 bridgehead atoms. The van der Waals surface area contributed by atoms with Crippen LogP contribution < -0.4 is 0 Å². The fourth-order valence-electron chi connectivity index (χ4n) is 2.44. The summed E-state index contributed by atoms with van der Waals surface area (Å²) in [5, 5.41) is 9.11. The van der Waals surface area contributed by atoms with Crippen molar-refractivity contribution in [3.05, 3.63) is 0 Å². The molecule has 0 aromatic rings. The average Bonchev–Trinajstić information content (AvgIpc) is 2.31. The third kappa shape index (κ3) is 2.69. The van der Waals surface area contributed by atoms with Gasteiger partial charge >= 0.3 is 0 Å². The standard InChI is InChI=1S/C11H21NO3/c1-9-7-15-11(6-13)5-12(9)10-3-2-4-14-8-10/h9-11,13H,2-8H2,1H3. The molecule has 0 radical (unpaired) electrons. The summed E-state index contributed by atoms with van der Waals surface area (Å²) in [7, 11) is 0. The Labute approximate surface area is 91.2 Å². The molecule has 2 fully saturated rings. The minimum Gasteiger partial charge on any atom is -0.394 e. The van der Waals surface area contributed by atoms with E-state index in [-0.39, 0.29) is 12.7 Å². The number of hydrogen-bond donors (Lipinski definition) is 1. The number of hydrogen-bond acceptors (Lipinski definition) is 4. The number of morpholine rings is 1. The summed E-state index contributed by atoms with van der Waals surface area (Å²) >= 11 is 0. The van der Waals surface area contributed by atoms with Crippen molar-refractivity contribution in [1.29, 1.82) is 0 Å². The molecule has 4 heteroatoms. The van der Waals surface area contributed by atoms with Gasteiger partial charge in [0.2, 0.25) is 0 Å². The molecule has 2 aliphatic heterocycles. The molecule has 0 aromatic carbocycles. The molecule has 0 spiro atoms. The van der Waals surface area contributed by atoms with Crippen molar-refractivity contribution in [2.75, 3.05) is 33.0 Å². The first-order chi connectivity index (χ1) is 7.31. The highest BCUT2D eigenvalue weighted by atomic mass is 16.5. The zero-order chi connectivity index (χ0) is 10.7. The fourth-order valence-corrected chi connectivity index (χ4v) is 2.44. The minimum atomic E-state index is -0.0110. The van der Waals surface area contributed by atoms with Gasteiger partial charge in [0.1, 0.15) is 0 Å². The molecule has 0 amide bonds. The van der Waals surface area contributed by atoms with E-state index < -0.39 is 0 Å². The Kier molecular flexibility index (Phi) is 3.97. The van der Waals surface area contributed by atoms with Crippen LogP contribution in [0.5, 0.6) is 0 Å². The fraction of sp³-hybridized carbons (Fsp3) is 1.00. The number of nitrogens with zero attached hydrogens (tertiary/aromatic N) is 1. The molecule has 2 aliphatic rings. The van der Waals surface area contributed by atoms with Crippen LogP contribution >= 0.6 is 0 Å². The van der Waals surface area contributed by atoms with E-state index in [1.807, 2.05) is 0 Å². The van der Waals surface area contributed by atoms with Gasteiger partial charge in [0.05, 0.1) is 25.9 Å². The summed E-state index contributed by atoms with van der Waals surface area (Å²) in [5.41, 5.74) is 0. The van der Waals surface area contributed by atoms with E-state index in [9.17, 15) is 0 Å². The zero-order valence-corrected chi connectivity index (χ0v) is 9.39. The van der Waals surface area contributed by atoms with Crippen molar-refractivity contribution >= 4 is 0 Å². The topological polar surface area (TPSA) is 41.9 Å². The Bertz CT molecular complexity index is 194. The van der Waals surface area contributed by atoms with E-state index in [1.54, 1.807) is 0 Å². The Morgan fingerprint density at radius 3 is 2.93 bits per heavy atom. The second kappa shape index (κ2) is 5.25. The van der Waals surface area contributed by atoms with Crippen molar-refractivity contribution in [3.8, 4) is 0 Å². The molecule has 0 aromatic heterocycles. The van der Waals surface area contributed by atoms with Crippen molar-refractivity contribution < 1.29 is 14.6 Å². The van der Waals surface area contributed by atoms with Crippen LogP contribution in [0.15, 0.2) is 0 Å². The summed E-state index contributed by atoms with van der Waals surface area (Å²) in [5.74, 6) is 0. The molecule has 0 aliphatic carbocycles. The Morgan fingerprint density at radius 2 is 2.27 bits per heavy atom. The molecule has 2 heterocycles. The lowest BCUT2D eigenvalue weighted by atomic mass is 10.0. The van der Waals surface area contributed by atoms with Gasteiger partial charge in [-0.15, -0.1) is 0 Å². The molecule has 3 unspecified atom stereocenters. The predicted molar refractivity (Wildman–Crippen MR) is 56.8 cm³/mol. The van der Waals surface area contributed by atoms with Crippen LogP contribution in [0.2, 0.25) is 0 Å². The largest absolute Gasteiger partial charge is 0.394 e. The highest BCUT2D eigenvalue weighted by molar-refractivity contribution is 4.84. The van der Waals surface area contributed by atoms with Crippen LogP contribution in [-0.2, 0) is 9.47 Å². The maximum absolute atomic E-state index is 9.11. The van der Waals surface area contributed by atoms with Crippen molar-refractivity contribution in [3.63, 3.8) is 0 Å². The quantitative estimate of drug-likeness (QED) is 0.717. The third-order valence-corrected chi connectivity index (χ3v) is 3.36. The first-order valence-electron chi connectivity index (χ1n) is 5.87. The van der Waals surface area contributed by atoms with Gasteiger partial charge in [-0.25, -0.2) is 0 Å². The molecule has 1 N–H and O–H groups in total. The normalized spacial score (nSPS) is 39.2. The minimum absolute atomic E-state index is 0.0110. The predicted octanol–water partition coefficient (Wildman–Crippen LogP) is 0.247. The lowest BCUT2D eigenvalue weighted by molar-refractivity contribution is -0.108. The van der Waals surface area contributed by atoms with Crippen LogP contribution in [0.25, 0.3) is 0 Å². The highest BCUT2D eigenvalue weighted by Gasteiger charge is 2.31.